The number of hydrogen-bond acceptors (Lipinski definition) is 7. The summed E-state index contributed by atoms with van der Waals surface area (Å²) >= 11 is 1.47. The fourth-order valence-corrected chi connectivity index (χ4v) is 6.80. The number of amides is 1. The van der Waals surface area contributed by atoms with Crippen LogP contribution in [0.4, 0.5) is 5.13 Å². The summed E-state index contributed by atoms with van der Waals surface area (Å²) < 4.78 is 10.7. The summed E-state index contributed by atoms with van der Waals surface area (Å²) in [6.07, 6.45) is 2.83. The van der Waals surface area contributed by atoms with Gasteiger partial charge in [-0.3, -0.25) is 14.9 Å². The van der Waals surface area contributed by atoms with Crippen LogP contribution in [0.2, 0.25) is 0 Å². The summed E-state index contributed by atoms with van der Waals surface area (Å²) in [6.45, 7) is 5.54. The number of ether oxygens (including phenoxy) is 2. The average Bonchev–Trinajstić information content (AvgIpc) is 3.14. The molecule has 2 aliphatic carbocycles. The van der Waals surface area contributed by atoms with Crippen molar-refractivity contribution in [2.45, 2.75) is 52.1 Å². The van der Waals surface area contributed by atoms with Gasteiger partial charge >= 0.3 is 11.9 Å². The summed E-state index contributed by atoms with van der Waals surface area (Å²) in [7, 11) is 0. The molecule has 158 valence electrons. The fraction of sp³-hybridized carbons (Fsp3) is 0.700. The van der Waals surface area contributed by atoms with Crippen LogP contribution >= 0.6 is 11.3 Å². The second-order valence-electron chi connectivity index (χ2n) is 8.80. The fourth-order valence-electron chi connectivity index (χ4n) is 5.52. The van der Waals surface area contributed by atoms with Gasteiger partial charge in [0.15, 0.2) is 5.13 Å². The first kappa shape index (κ1) is 20.3. The summed E-state index contributed by atoms with van der Waals surface area (Å²) in [5.74, 6) is -1.07. The molecule has 1 amide bonds. The van der Waals surface area contributed by atoms with Gasteiger partial charge in [-0.05, 0) is 24.7 Å². The Morgan fingerprint density at radius 1 is 1.34 bits per heavy atom. The molecule has 9 heteroatoms. The highest BCUT2D eigenvalue weighted by atomic mass is 32.1. The van der Waals surface area contributed by atoms with Gasteiger partial charge < -0.3 is 14.6 Å². The van der Waals surface area contributed by atoms with Gasteiger partial charge in [-0.1, -0.05) is 20.8 Å². The minimum Gasteiger partial charge on any atom is -0.480 e. The molecule has 1 aromatic rings. The van der Waals surface area contributed by atoms with Crippen molar-refractivity contribution in [3.63, 3.8) is 0 Å². The van der Waals surface area contributed by atoms with E-state index in [0.29, 0.717) is 5.13 Å². The van der Waals surface area contributed by atoms with Crippen LogP contribution in [0.3, 0.4) is 0 Å². The van der Waals surface area contributed by atoms with Crippen molar-refractivity contribution >= 4 is 34.3 Å². The normalized spacial score (nSPS) is 35.3. The lowest BCUT2D eigenvalue weighted by Gasteiger charge is -2.51. The molecule has 2 heterocycles. The van der Waals surface area contributed by atoms with Crippen molar-refractivity contribution in [2.75, 3.05) is 18.5 Å². The molecule has 1 saturated carbocycles. The van der Waals surface area contributed by atoms with Crippen LogP contribution < -0.4 is 5.32 Å². The largest absolute Gasteiger partial charge is 0.480 e. The Labute approximate surface area is 173 Å². The number of aliphatic carboxylic acids is 1. The van der Waals surface area contributed by atoms with E-state index in [1.165, 1.54) is 11.3 Å². The zero-order valence-electron chi connectivity index (χ0n) is 16.8. The number of carbonyl (C=O) groups is 3. The van der Waals surface area contributed by atoms with E-state index in [9.17, 15) is 14.4 Å². The minimum atomic E-state index is -1.12. The van der Waals surface area contributed by atoms with Gasteiger partial charge in [-0.25, -0.2) is 9.78 Å². The maximum atomic E-state index is 12.2. The molecule has 0 unspecified atom stereocenters. The number of thiazole rings is 1. The molecule has 0 aromatic carbocycles. The quantitative estimate of drug-likeness (QED) is 0.700. The number of aromatic nitrogens is 1. The topological polar surface area (TPSA) is 115 Å². The number of carbonyl (C=O) groups excluding carboxylic acids is 2. The Balaban J connectivity index is 1.52. The molecule has 3 aliphatic rings. The number of nitrogens with one attached hydrogen (secondary N) is 1. The zero-order chi connectivity index (χ0) is 20.9. The Morgan fingerprint density at radius 2 is 2.10 bits per heavy atom. The third-order valence-corrected chi connectivity index (χ3v) is 7.85. The first-order valence-corrected chi connectivity index (χ1v) is 10.8. The first-order valence-electron chi connectivity index (χ1n) is 9.99. The highest BCUT2D eigenvalue weighted by Crippen LogP contribution is 2.59. The molecule has 1 aromatic heterocycles. The third-order valence-electron chi connectivity index (χ3n) is 6.86. The van der Waals surface area contributed by atoms with E-state index in [1.54, 1.807) is 0 Å². The van der Waals surface area contributed by atoms with Gasteiger partial charge in [0.25, 0.3) is 5.91 Å². The summed E-state index contributed by atoms with van der Waals surface area (Å²) in [5, 5.41) is 11.8. The molecule has 2 N–H and O–H groups in total. The molecule has 8 nitrogen and oxygen atoms in total. The smallest absolute Gasteiger partial charge is 0.329 e. The predicted octanol–water partition coefficient (Wildman–Crippen LogP) is 2.44. The van der Waals surface area contributed by atoms with Crippen LogP contribution in [0, 0.1) is 23.2 Å². The highest BCUT2D eigenvalue weighted by molar-refractivity contribution is 7.15. The predicted molar refractivity (Wildman–Crippen MR) is 105 cm³/mol. The summed E-state index contributed by atoms with van der Waals surface area (Å²) in [4.78, 5) is 40.5. The Kier molecular flexibility index (Phi) is 5.14. The van der Waals surface area contributed by atoms with Gasteiger partial charge in [0.2, 0.25) is 0 Å². The molecule has 1 saturated heterocycles. The Hall–Kier alpha value is -2.00. The second kappa shape index (κ2) is 7.36. The van der Waals surface area contributed by atoms with E-state index in [0.717, 1.165) is 29.8 Å². The lowest BCUT2D eigenvalue weighted by molar-refractivity contribution is -0.150. The van der Waals surface area contributed by atoms with E-state index in [4.69, 9.17) is 14.6 Å². The number of carboxylic acids is 1. The number of carboxylic acid groups (broad SMARTS) is 1. The van der Waals surface area contributed by atoms with Crippen molar-refractivity contribution in [3.05, 3.63) is 10.6 Å². The number of nitrogens with zero attached hydrogens (tertiary/aromatic N) is 1. The van der Waals surface area contributed by atoms with Gasteiger partial charge in [-0.15, -0.1) is 11.3 Å². The maximum absolute atomic E-state index is 12.2. The number of rotatable bonds is 5. The van der Waals surface area contributed by atoms with Crippen molar-refractivity contribution in [2.24, 2.45) is 23.2 Å². The average molecular weight is 423 g/mol. The molecule has 1 aliphatic heterocycles. The molecule has 29 heavy (non-hydrogen) atoms. The van der Waals surface area contributed by atoms with E-state index >= 15 is 0 Å². The number of hydrogen-bond donors (Lipinski definition) is 2. The number of fused-ring (bicyclic) bond motifs is 4. The molecule has 0 radical (unpaired) electrons. The van der Waals surface area contributed by atoms with Crippen LogP contribution in [-0.4, -0.2) is 47.3 Å². The third kappa shape index (κ3) is 3.54. The van der Waals surface area contributed by atoms with Crippen molar-refractivity contribution < 1.29 is 29.0 Å². The van der Waals surface area contributed by atoms with Crippen LogP contribution in [0.25, 0.3) is 0 Å². The molecule has 6 atom stereocenters. The second-order valence-corrected chi connectivity index (χ2v) is 9.88. The van der Waals surface area contributed by atoms with Gasteiger partial charge in [-0.2, -0.15) is 0 Å². The summed E-state index contributed by atoms with van der Waals surface area (Å²) in [6, 6.07) is 0. The minimum absolute atomic E-state index is 0.0380. The molecule has 0 bridgehead atoms. The Morgan fingerprint density at radius 3 is 2.83 bits per heavy atom. The lowest BCUT2D eigenvalue weighted by Crippen LogP contribution is -2.50. The van der Waals surface area contributed by atoms with Crippen LogP contribution in [-0.2, 0) is 30.3 Å². The molecular weight excluding hydrogens is 396 g/mol. The molecule has 0 spiro atoms. The Bertz CT molecular complexity index is 854. The van der Waals surface area contributed by atoms with Crippen molar-refractivity contribution in [1.29, 1.82) is 0 Å². The van der Waals surface area contributed by atoms with Crippen molar-refractivity contribution in [1.82, 2.24) is 4.98 Å². The zero-order valence-corrected chi connectivity index (χ0v) is 17.6. The van der Waals surface area contributed by atoms with Crippen LogP contribution in [0.15, 0.2) is 0 Å². The standard InChI is InChI=1S/C20H26N2O6S/c1-9-11-4-5-20(3)6-12-16(10(2)15(20)17(11)28-18(9)26)22-19(29-12)21-13(23)7-27-8-14(24)25/h9-11,15,17H,4-8H2,1-3H3,(H,24,25)(H,21,22,23)/t9-,10+,11-,15+,17+,20+/m0/s1. The van der Waals surface area contributed by atoms with E-state index in [2.05, 4.69) is 24.1 Å². The van der Waals surface area contributed by atoms with Crippen LogP contribution in [0.1, 0.15) is 50.1 Å². The van der Waals surface area contributed by atoms with Gasteiger partial charge in [0, 0.05) is 22.6 Å². The van der Waals surface area contributed by atoms with E-state index in [-0.39, 0.29) is 47.8 Å². The molecular formula is C20H26N2O6S. The number of esters is 1. The van der Waals surface area contributed by atoms with Crippen molar-refractivity contribution in [3.8, 4) is 0 Å². The SMILES string of the molecule is C[C@@H]1C(=O)O[C@@H]2[C@H]1CC[C@]1(C)Cc3sc(NC(=O)COCC(=O)O)nc3[C@H](C)[C@H]21. The molecule has 2 fully saturated rings. The number of anilines is 1. The van der Waals surface area contributed by atoms with E-state index < -0.39 is 18.5 Å². The highest BCUT2D eigenvalue weighted by Gasteiger charge is 2.58. The van der Waals surface area contributed by atoms with Crippen LogP contribution in [0.5, 0.6) is 0 Å². The van der Waals surface area contributed by atoms with Gasteiger partial charge in [0.1, 0.15) is 19.3 Å². The maximum Gasteiger partial charge on any atom is 0.329 e. The first-order chi connectivity index (χ1) is 13.7. The molecule has 4 rings (SSSR count). The van der Waals surface area contributed by atoms with Gasteiger partial charge in [0.05, 0.1) is 11.6 Å². The van der Waals surface area contributed by atoms with E-state index in [1.807, 2.05) is 6.92 Å². The monoisotopic (exact) mass is 422 g/mol. The lowest BCUT2D eigenvalue weighted by atomic mass is 9.54. The summed E-state index contributed by atoms with van der Waals surface area (Å²) in [5.41, 5.74) is 1.01.